The van der Waals surface area contributed by atoms with Crippen LogP contribution in [-0.2, 0) is 4.79 Å². The highest BCUT2D eigenvalue weighted by Gasteiger charge is 2.03. The second kappa shape index (κ2) is 6.77. The monoisotopic (exact) mass is 251 g/mol. The summed E-state index contributed by atoms with van der Waals surface area (Å²) in [5, 5.41) is 14.5. The minimum atomic E-state index is -0.156. The number of nitriles is 1. The van der Waals surface area contributed by atoms with Crippen LogP contribution in [0.2, 0.25) is 5.02 Å². The topological polar surface area (TPSA) is 64.9 Å². The van der Waals surface area contributed by atoms with Crippen molar-refractivity contribution in [1.82, 2.24) is 5.32 Å². The van der Waals surface area contributed by atoms with Gasteiger partial charge in [0.2, 0.25) is 5.91 Å². The Balaban J connectivity index is 2.40. The second-order valence-corrected chi connectivity index (χ2v) is 4.00. The third-order valence-electron chi connectivity index (χ3n) is 2.12. The molecule has 2 N–H and O–H groups in total. The van der Waals surface area contributed by atoms with E-state index >= 15 is 0 Å². The van der Waals surface area contributed by atoms with E-state index in [1.165, 1.54) is 0 Å². The summed E-state index contributed by atoms with van der Waals surface area (Å²) in [4.78, 5) is 11.3. The number of benzene rings is 1. The number of amides is 1. The lowest BCUT2D eigenvalue weighted by atomic mass is 10.2. The molecule has 4 nitrogen and oxygen atoms in total. The number of carbonyl (C=O) groups excluding carboxylic acids is 1. The molecule has 0 aliphatic rings. The third-order valence-corrected chi connectivity index (χ3v) is 2.44. The highest BCUT2D eigenvalue weighted by Crippen LogP contribution is 2.22. The fourth-order valence-corrected chi connectivity index (χ4v) is 1.56. The molecular formula is C12H14ClN3O. The van der Waals surface area contributed by atoms with Gasteiger partial charge in [-0.3, -0.25) is 4.79 Å². The molecule has 1 aromatic carbocycles. The Morgan fingerprint density at radius 3 is 2.94 bits per heavy atom. The van der Waals surface area contributed by atoms with Crippen molar-refractivity contribution in [3.8, 4) is 6.07 Å². The summed E-state index contributed by atoms with van der Waals surface area (Å²) in [6, 6.07) is 7.54. The van der Waals surface area contributed by atoms with Crippen molar-refractivity contribution in [2.24, 2.45) is 0 Å². The first-order valence-electron chi connectivity index (χ1n) is 5.27. The minimum Gasteiger partial charge on any atom is -0.375 e. The molecule has 0 spiro atoms. The second-order valence-electron chi connectivity index (χ2n) is 3.59. The Morgan fingerprint density at radius 2 is 2.29 bits per heavy atom. The highest BCUT2D eigenvalue weighted by molar-refractivity contribution is 6.33. The fourth-order valence-electron chi connectivity index (χ4n) is 1.26. The Hall–Kier alpha value is -1.73. The first-order valence-corrected chi connectivity index (χ1v) is 5.65. The van der Waals surface area contributed by atoms with E-state index < -0.39 is 0 Å². The van der Waals surface area contributed by atoms with Crippen LogP contribution in [0.3, 0.4) is 0 Å². The van der Waals surface area contributed by atoms with Crippen LogP contribution in [0.4, 0.5) is 5.69 Å². The fraction of sp³-hybridized carbons (Fsp3) is 0.333. The Labute approximate surface area is 106 Å². The van der Waals surface area contributed by atoms with Crippen LogP contribution in [0.15, 0.2) is 18.2 Å². The molecule has 5 heteroatoms. The Kier molecular flexibility index (Phi) is 5.31. The summed E-state index contributed by atoms with van der Waals surface area (Å²) >= 11 is 6.00. The molecule has 0 fully saturated rings. The van der Waals surface area contributed by atoms with Crippen LogP contribution in [0.1, 0.15) is 12.0 Å². The maximum Gasteiger partial charge on any atom is 0.239 e. The zero-order valence-electron chi connectivity index (χ0n) is 9.59. The standard InChI is InChI=1S/C12H14ClN3O/c1-9-3-4-11(10(13)7-9)16-8-12(17)15-6-2-5-14/h3-4,7,16H,2,6,8H2,1H3,(H,15,17). The number of halogens is 1. The summed E-state index contributed by atoms with van der Waals surface area (Å²) in [7, 11) is 0. The summed E-state index contributed by atoms with van der Waals surface area (Å²) in [6.45, 7) is 2.47. The highest BCUT2D eigenvalue weighted by atomic mass is 35.5. The molecule has 90 valence electrons. The van der Waals surface area contributed by atoms with E-state index in [2.05, 4.69) is 10.6 Å². The molecule has 0 aliphatic heterocycles. The van der Waals surface area contributed by atoms with Crippen LogP contribution < -0.4 is 10.6 Å². The Morgan fingerprint density at radius 1 is 1.53 bits per heavy atom. The lowest BCUT2D eigenvalue weighted by molar-refractivity contribution is -0.119. The van der Waals surface area contributed by atoms with Gasteiger partial charge in [0.05, 0.1) is 29.7 Å². The maximum atomic E-state index is 11.3. The van der Waals surface area contributed by atoms with E-state index in [0.717, 1.165) is 11.3 Å². The molecule has 1 aromatic rings. The van der Waals surface area contributed by atoms with Crippen LogP contribution in [0, 0.1) is 18.3 Å². The van der Waals surface area contributed by atoms with Gasteiger partial charge in [0.25, 0.3) is 0 Å². The lowest BCUT2D eigenvalue weighted by Gasteiger charge is -2.08. The summed E-state index contributed by atoms with van der Waals surface area (Å²) in [5.41, 5.74) is 1.80. The first-order chi connectivity index (χ1) is 8.13. The van der Waals surface area contributed by atoms with Gasteiger partial charge < -0.3 is 10.6 Å². The lowest BCUT2D eigenvalue weighted by Crippen LogP contribution is -2.30. The Bertz CT molecular complexity index is 440. The average molecular weight is 252 g/mol. The van der Waals surface area contributed by atoms with E-state index in [-0.39, 0.29) is 12.5 Å². The van der Waals surface area contributed by atoms with Gasteiger partial charge in [-0.1, -0.05) is 17.7 Å². The van der Waals surface area contributed by atoms with Gasteiger partial charge in [-0.05, 0) is 24.6 Å². The quantitative estimate of drug-likeness (QED) is 0.788. The zero-order chi connectivity index (χ0) is 12.7. The van der Waals surface area contributed by atoms with E-state index in [1.807, 2.05) is 31.2 Å². The molecule has 0 saturated heterocycles. The van der Waals surface area contributed by atoms with Gasteiger partial charge in [0.1, 0.15) is 0 Å². The molecule has 0 heterocycles. The predicted octanol–water partition coefficient (Wildman–Crippen LogP) is 2.09. The van der Waals surface area contributed by atoms with Gasteiger partial charge >= 0.3 is 0 Å². The third kappa shape index (κ3) is 4.75. The number of hydrogen-bond acceptors (Lipinski definition) is 3. The van der Waals surface area contributed by atoms with Crippen LogP contribution in [0.25, 0.3) is 0 Å². The molecule has 0 unspecified atom stereocenters. The van der Waals surface area contributed by atoms with Crippen molar-refractivity contribution in [1.29, 1.82) is 5.26 Å². The smallest absolute Gasteiger partial charge is 0.239 e. The van der Waals surface area contributed by atoms with Gasteiger partial charge in [-0.2, -0.15) is 5.26 Å². The molecule has 1 rings (SSSR count). The molecule has 0 aromatic heterocycles. The van der Waals surface area contributed by atoms with Crippen LogP contribution >= 0.6 is 11.6 Å². The molecule has 0 bridgehead atoms. The average Bonchev–Trinajstić information content (AvgIpc) is 2.28. The molecule has 17 heavy (non-hydrogen) atoms. The minimum absolute atomic E-state index is 0.147. The van der Waals surface area contributed by atoms with E-state index in [9.17, 15) is 4.79 Å². The van der Waals surface area contributed by atoms with Crippen molar-refractivity contribution >= 4 is 23.2 Å². The molecule has 0 radical (unpaired) electrons. The normalized spacial score (nSPS) is 9.47. The predicted molar refractivity (Wildman–Crippen MR) is 67.9 cm³/mol. The van der Waals surface area contributed by atoms with Crippen LogP contribution in [-0.4, -0.2) is 19.0 Å². The molecule has 0 aliphatic carbocycles. The van der Waals surface area contributed by atoms with Crippen molar-refractivity contribution in [3.63, 3.8) is 0 Å². The number of aryl methyl sites for hydroxylation is 1. The van der Waals surface area contributed by atoms with Gasteiger partial charge in [0.15, 0.2) is 0 Å². The number of hydrogen-bond donors (Lipinski definition) is 2. The van der Waals surface area contributed by atoms with Gasteiger partial charge in [-0.15, -0.1) is 0 Å². The van der Waals surface area contributed by atoms with Gasteiger partial charge in [-0.25, -0.2) is 0 Å². The molecule has 1 amide bonds. The summed E-state index contributed by atoms with van der Waals surface area (Å²) in [6.07, 6.45) is 0.316. The van der Waals surface area contributed by atoms with E-state index in [1.54, 1.807) is 0 Å². The van der Waals surface area contributed by atoms with E-state index in [0.29, 0.717) is 18.0 Å². The number of rotatable bonds is 5. The van der Waals surface area contributed by atoms with Crippen molar-refractivity contribution < 1.29 is 4.79 Å². The number of carbonyl (C=O) groups is 1. The van der Waals surface area contributed by atoms with Crippen molar-refractivity contribution in [3.05, 3.63) is 28.8 Å². The maximum absolute atomic E-state index is 11.3. The number of nitrogens with one attached hydrogen (secondary N) is 2. The van der Waals surface area contributed by atoms with Crippen LogP contribution in [0.5, 0.6) is 0 Å². The molecular weight excluding hydrogens is 238 g/mol. The van der Waals surface area contributed by atoms with Crippen molar-refractivity contribution in [2.75, 3.05) is 18.4 Å². The molecule has 0 saturated carbocycles. The number of nitrogens with zero attached hydrogens (tertiary/aromatic N) is 1. The van der Waals surface area contributed by atoms with E-state index in [4.69, 9.17) is 16.9 Å². The zero-order valence-corrected chi connectivity index (χ0v) is 10.3. The molecule has 0 atom stereocenters. The van der Waals surface area contributed by atoms with Gasteiger partial charge in [0, 0.05) is 6.54 Å². The number of anilines is 1. The first kappa shape index (κ1) is 13.3. The largest absolute Gasteiger partial charge is 0.375 e. The summed E-state index contributed by atoms with van der Waals surface area (Å²) in [5.74, 6) is -0.156. The summed E-state index contributed by atoms with van der Waals surface area (Å²) < 4.78 is 0. The SMILES string of the molecule is Cc1ccc(NCC(=O)NCCC#N)c(Cl)c1. The van der Waals surface area contributed by atoms with Crippen molar-refractivity contribution in [2.45, 2.75) is 13.3 Å².